The smallest absolute Gasteiger partial charge is 0.274 e. The molecule has 0 saturated heterocycles. The zero-order valence-electron chi connectivity index (χ0n) is 9.66. The van der Waals surface area contributed by atoms with Gasteiger partial charge in [0.15, 0.2) is 11.6 Å². The molecule has 0 aliphatic carbocycles. The van der Waals surface area contributed by atoms with Gasteiger partial charge in [0.2, 0.25) is 0 Å². The lowest BCUT2D eigenvalue weighted by Crippen LogP contribution is -1.99. The first-order valence-electron chi connectivity index (χ1n) is 5.23. The fourth-order valence-electron chi connectivity index (χ4n) is 1.55. The molecule has 0 fully saturated rings. The van der Waals surface area contributed by atoms with Gasteiger partial charge in [-0.25, -0.2) is 17.6 Å². The summed E-state index contributed by atoms with van der Waals surface area (Å²) in [4.78, 5) is 9.70. The summed E-state index contributed by atoms with van der Waals surface area (Å²) >= 11 is 0. The molecule has 0 bridgehead atoms. The van der Waals surface area contributed by atoms with Gasteiger partial charge in [-0.3, -0.25) is 10.1 Å². The Kier molecular flexibility index (Phi) is 3.55. The maximum absolute atomic E-state index is 13.4. The molecule has 2 aromatic carbocycles. The van der Waals surface area contributed by atoms with Crippen molar-refractivity contribution in [3.05, 3.63) is 63.7 Å². The SMILES string of the molecule is O=[N+]([O-])c1cc(F)cc(Nc2cc(F)cc(F)c2F)c1. The summed E-state index contributed by atoms with van der Waals surface area (Å²) in [5.74, 6) is -4.80. The Morgan fingerprint density at radius 2 is 1.60 bits per heavy atom. The van der Waals surface area contributed by atoms with Crippen molar-refractivity contribution in [3.8, 4) is 0 Å². The van der Waals surface area contributed by atoms with Crippen molar-refractivity contribution in [1.29, 1.82) is 0 Å². The molecular weight excluding hydrogens is 280 g/mol. The van der Waals surface area contributed by atoms with E-state index in [1.165, 1.54) is 0 Å². The van der Waals surface area contributed by atoms with Gasteiger partial charge in [0.05, 0.1) is 16.7 Å². The summed E-state index contributed by atoms with van der Waals surface area (Å²) in [5.41, 5.74) is -1.38. The molecule has 0 unspecified atom stereocenters. The second-order valence-electron chi connectivity index (χ2n) is 3.83. The monoisotopic (exact) mass is 286 g/mol. The lowest BCUT2D eigenvalue weighted by atomic mass is 10.2. The van der Waals surface area contributed by atoms with E-state index in [0.717, 1.165) is 12.1 Å². The standard InChI is InChI=1S/C12H6F4N2O2/c13-6-1-8(5-9(2-6)18(19)20)17-11-4-7(14)3-10(15)12(11)16/h1-5,17H. The minimum Gasteiger partial charge on any atom is -0.353 e. The van der Waals surface area contributed by atoms with Crippen molar-refractivity contribution >= 4 is 17.1 Å². The number of rotatable bonds is 3. The molecule has 20 heavy (non-hydrogen) atoms. The molecule has 0 atom stereocenters. The molecular formula is C12H6F4N2O2. The number of benzene rings is 2. The van der Waals surface area contributed by atoms with E-state index in [9.17, 15) is 27.7 Å². The first-order chi connectivity index (χ1) is 9.36. The summed E-state index contributed by atoms with van der Waals surface area (Å²) in [5, 5.41) is 12.7. The van der Waals surface area contributed by atoms with Crippen molar-refractivity contribution in [2.24, 2.45) is 0 Å². The molecule has 4 nitrogen and oxygen atoms in total. The fourth-order valence-corrected chi connectivity index (χ4v) is 1.55. The Morgan fingerprint density at radius 1 is 0.950 bits per heavy atom. The predicted octanol–water partition coefficient (Wildman–Crippen LogP) is 3.89. The Balaban J connectivity index is 2.42. The number of hydrogen-bond donors (Lipinski definition) is 1. The van der Waals surface area contributed by atoms with E-state index >= 15 is 0 Å². The molecule has 0 radical (unpaired) electrons. The zero-order valence-corrected chi connectivity index (χ0v) is 9.66. The normalized spacial score (nSPS) is 10.4. The molecule has 104 valence electrons. The minimum atomic E-state index is -1.43. The van der Waals surface area contributed by atoms with E-state index in [2.05, 4.69) is 5.32 Å². The number of nitro groups is 1. The lowest BCUT2D eigenvalue weighted by Gasteiger charge is -2.08. The molecule has 0 spiro atoms. The number of anilines is 2. The van der Waals surface area contributed by atoms with E-state index < -0.39 is 39.6 Å². The van der Waals surface area contributed by atoms with Gasteiger partial charge in [-0.1, -0.05) is 0 Å². The number of hydrogen-bond acceptors (Lipinski definition) is 3. The van der Waals surface area contributed by atoms with Gasteiger partial charge in [0.1, 0.15) is 11.6 Å². The van der Waals surface area contributed by atoms with Crippen LogP contribution in [0.25, 0.3) is 0 Å². The third-order valence-corrected chi connectivity index (χ3v) is 2.37. The van der Waals surface area contributed by atoms with Crippen molar-refractivity contribution < 1.29 is 22.5 Å². The van der Waals surface area contributed by atoms with E-state index in [0.29, 0.717) is 18.2 Å². The van der Waals surface area contributed by atoms with Crippen LogP contribution < -0.4 is 5.32 Å². The third kappa shape index (κ3) is 2.85. The highest BCUT2D eigenvalue weighted by molar-refractivity contribution is 5.63. The molecule has 0 amide bonds. The van der Waals surface area contributed by atoms with Gasteiger partial charge in [0.25, 0.3) is 5.69 Å². The van der Waals surface area contributed by atoms with E-state index in [4.69, 9.17) is 0 Å². The first kappa shape index (κ1) is 13.8. The summed E-state index contributed by atoms with van der Waals surface area (Å²) in [7, 11) is 0. The summed E-state index contributed by atoms with van der Waals surface area (Å²) < 4.78 is 52.5. The van der Waals surface area contributed by atoms with Gasteiger partial charge in [0, 0.05) is 23.9 Å². The Labute approximate surface area is 109 Å². The van der Waals surface area contributed by atoms with Crippen molar-refractivity contribution in [3.63, 3.8) is 0 Å². The van der Waals surface area contributed by atoms with Gasteiger partial charge in [-0.15, -0.1) is 0 Å². The molecule has 0 aromatic heterocycles. The highest BCUT2D eigenvalue weighted by atomic mass is 19.2. The van der Waals surface area contributed by atoms with E-state index in [-0.39, 0.29) is 5.69 Å². The van der Waals surface area contributed by atoms with Crippen molar-refractivity contribution in [1.82, 2.24) is 0 Å². The van der Waals surface area contributed by atoms with Crippen LogP contribution in [-0.4, -0.2) is 4.92 Å². The lowest BCUT2D eigenvalue weighted by molar-refractivity contribution is -0.385. The van der Waals surface area contributed by atoms with Crippen LogP contribution in [0.4, 0.5) is 34.6 Å². The largest absolute Gasteiger partial charge is 0.353 e. The average molecular weight is 286 g/mol. The quantitative estimate of drug-likeness (QED) is 0.403. The highest BCUT2D eigenvalue weighted by Gasteiger charge is 2.14. The molecule has 8 heteroatoms. The number of nitrogens with zero attached hydrogens (tertiary/aromatic N) is 1. The number of nitro benzene ring substituents is 1. The molecule has 0 aliphatic rings. The molecule has 0 heterocycles. The van der Waals surface area contributed by atoms with Gasteiger partial charge >= 0.3 is 0 Å². The van der Waals surface area contributed by atoms with Crippen LogP contribution in [0.5, 0.6) is 0 Å². The highest BCUT2D eigenvalue weighted by Crippen LogP contribution is 2.26. The van der Waals surface area contributed by atoms with E-state index in [1.54, 1.807) is 0 Å². The van der Waals surface area contributed by atoms with Crippen LogP contribution in [0.15, 0.2) is 30.3 Å². The number of halogens is 4. The Bertz CT molecular complexity index is 691. The second kappa shape index (κ2) is 5.16. The molecule has 2 rings (SSSR count). The molecule has 0 saturated carbocycles. The van der Waals surface area contributed by atoms with Crippen molar-refractivity contribution in [2.75, 3.05) is 5.32 Å². The molecule has 1 N–H and O–H groups in total. The van der Waals surface area contributed by atoms with Crippen LogP contribution in [-0.2, 0) is 0 Å². The van der Waals surface area contributed by atoms with Crippen LogP contribution in [0, 0.1) is 33.4 Å². The van der Waals surface area contributed by atoms with Gasteiger partial charge in [-0.05, 0) is 6.07 Å². The van der Waals surface area contributed by atoms with E-state index in [1.807, 2.05) is 0 Å². The van der Waals surface area contributed by atoms with Crippen LogP contribution >= 0.6 is 0 Å². The summed E-state index contributed by atoms with van der Waals surface area (Å²) in [6.45, 7) is 0. The van der Waals surface area contributed by atoms with Crippen LogP contribution in [0.3, 0.4) is 0 Å². The topological polar surface area (TPSA) is 55.2 Å². The van der Waals surface area contributed by atoms with Crippen LogP contribution in [0.2, 0.25) is 0 Å². The van der Waals surface area contributed by atoms with Gasteiger partial charge < -0.3 is 5.32 Å². The maximum atomic E-state index is 13.4. The maximum Gasteiger partial charge on any atom is 0.274 e. The van der Waals surface area contributed by atoms with Gasteiger partial charge in [-0.2, -0.15) is 0 Å². The molecule has 0 aliphatic heterocycles. The van der Waals surface area contributed by atoms with Crippen molar-refractivity contribution in [2.45, 2.75) is 0 Å². The fraction of sp³-hybridized carbons (Fsp3) is 0. The zero-order chi connectivity index (χ0) is 14.9. The third-order valence-electron chi connectivity index (χ3n) is 2.37. The summed E-state index contributed by atoms with van der Waals surface area (Å²) in [6.07, 6.45) is 0. The summed E-state index contributed by atoms with van der Waals surface area (Å²) in [6, 6.07) is 3.39. The van der Waals surface area contributed by atoms with Crippen LogP contribution in [0.1, 0.15) is 0 Å². The predicted molar refractivity (Wildman–Crippen MR) is 62.7 cm³/mol. The minimum absolute atomic E-state index is 0.208. The number of non-ortho nitro benzene ring substituents is 1. The Morgan fingerprint density at radius 3 is 2.25 bits per heavy atom. The second-order valence-corrected chi connectivity index (χ2v) is 3.83. The average Bonchev–Trinajstić information content (AvgIpc) is 2.34. The molecule has 2 aromatic rings. The first-order valence-corrected chi connectivity index (χ1v) is 5.23. The Hall–Kier alpha value is -2.64. The number of nitrogens with one attached hydrogen (secondary N) is 1.